The van der Waals surface area contributed by atoms with E-state index in [1.165, 1.54) is 30.7 Å². The molecular formula is C20H19F3N6O. The van der Waals surface area contributed by atoms with Gasteiger partial charge in [0, 0.05) is 12.7 Å². The first-order valence-corrected chi connectivity index (χ1v) is 9.40. The fourth-order valence-corrected chi connectivity index (χ4v) is 3.44. The minimum Gasteiger partial charge on any atom is -0.366 e. The van der Waals surface area contributed by atoms with E-state index < -0.39 is 29.8 Å². The van der Waals surface area contributed by atoms with Crippen LogP contribution in [0, 0.1) is 5.82 Å². The molecule has 7 nitrogen and oxygen atoms in total. The molecule has 0 aliphatic carbocycles. The molecule has 1 aliphatic heterocycles. The summed E-state index contributed by atoms with van der Waals surface area (Å²) < 4.78 is 40.2. The van der Waals surface area contributed by atoms with Gasteiger partial charge in [-0.1, -0.05) is 6.07 Å². The number of amides is 1. The normalized spacial score (nSPS) is 15.2. The number of halogens is 3. The average molecular weight is 416 g/mol. The van der Waals surface area contributed by atoms with E-state index in [2.05, 4.69) is 25.2 Å². The average Bonchev–Trinajstić information content (AvgIpc) is 2.69. The van der Waals surface area contributed by atoms with Crippen molar-refractivity contribution in [2.75, 3.05) is 25.0 Å². The maximum Gasteiger partial charge on any atom is 0.266 e. The molecule has 10 heteroatoms. The standard InChI is InChI=1S/C20H19F3N6O/c21-14-3-2-11(8-13(14)18(22)23)15(9-29-6-1-7-29)28-20-17-16(26-10-27-20)12(19(24)30)4-5-25-17/h2-5,8,10,15,18H,1,6-7,9H2,(H2,24,30)(H,26,27,28). The van der Waals surface area contributed by atoms with Gasteiger partial charge in [0.15, 0.2) is 5.82 Å². The quantitative estimate of drug-likeness (QED) is 0.615. The van der Waals surface area contributed by atoms with Gasteiger partial charge in [-0.2, -0.15) is 0 Å². The zero-order chi connectivity index (χ0) is 21.3. The number of nitrogens with two attached hydrogens (primary N) is 1. The highest BCUT2D eigenvalue weighted by Crippen LogP contribution is 2.30. The van der Waals surface area contributed by atoms with Gasteiger partial charge in [0.1, 0.15) is 23.2 Å². The largest absolute Gasteiger partial charge is 0.366 e. The van der Waals surface area contributed by atoms with Crippen LogP contribution in [0.25, 0.3) is 11.0 Å². The number of primary amides is 1. The van der Waals surface area contributed by atoms with E-state index in [4.69, 9.17) is 5.73 Å². The lowest BCUT2D eigenvalue weighted by Gasteiger charge is -2.35. The van der Waals surface area contributed by atoms with Crippen LogP contribution in [-0.2, 0) is 0 Å². The van der Waals surface area contributed by atoms with Crippen molar-refractivity contribution in [2.45, 2.75) is 18.9 Å². The number of alkyl halides is 2. The number of benzene rings is 1. The number of carbonyl (C=O) groups excluding carboxylic acids is 1. The molecule has 1 fully saturated rings. The van der Waals surface area contributed by atoms with E-state index in [1.54, 1.807) is 0 Å². The van der Waals surface area contributed by atoms with E-state index >= 15 is 0 Å². The third-order valence-electron chi connectivity index (χ3n) is 5.15. The fraction of sp³-hybridized carbons (Fsp3) is 0.300. The summed E-state index contributed by atoms with van der Waals surface area (Å²) in [4.78, 5) is 26.4. The van der Waals surface area contributed by atoms with Crippen LogP contribution in [0.1, 0.15) is 40.4 Å². The number of hydrogen-bond acceptors (Lipinski definition) is 6. The molecule has 1 atom stereocenters. The summed E-state index contributed by atoms with van der Waals surface area (Å²) in [5, 5.41) is 3.21. The van der Waals surface area contributed by atoms with Gasteiger partial charge in [0.05, 0.1) is 17.2 Å². The number of fused-ring (bicyclic) bond motifs is 1. The Hall–Kier alpha value is -3.27. The zero-order valence-electron chi connectivity index (χ0n) is 15.9. The lowest BCUT2D eigenvalue weighted by molar-refractivity contribution is 0.100. The minimum atomic E-state index is -2.92. The highest BCUT2D eigenvalue weighted by Gasteiger charge is 2.24. The van der Waals surface area contributed by atoms with Crippen LogP contribution in [0.3, 0.4) is 0 Å². The number of pyridine rings is 1. The van der Waals surface area contributed by atoms with Gasteiger partial charge in [-0.15, -0.1) is 0 Å². The molecule has 0 spiro atoms. The van der Waals surface area contributed by atoms with Crippen molar-refractivity contribution in [3.05, 3.63) is 59.3 Å². The highest BCUT2D eigenvalue weighted by atomic mass is 19.3. The molecule has 1 aliphatic rings. The van der Waals surface area contributed by atoms with Gasteiger partial charge in [-0.25, -0.2) is 23.1 Å². The second kappa shape index (κ2) is 8.23. The Morgan fingerprint density at radius 2 is 1.97 bits per heavy atom. The molecule has 0 bridgehead atoms. The van der Waals surface area contributed by atoms with Crippen molar-refractivity contribution in [3.63, 3.8) is 0 Å². The first-order valence-electron chi connectivity index (χ1n) is 9.40. The van der Waals surface area contributed by atoms with E-state index in [1.807, 2.05) is 0 Å². The number of anilines is 1. The van der Waals surface area contributed by atoms with Crippen LogP contribution in [-0.4, -0.2) is 45.4 Å². The summed E-state index contributed by atoms with van der Waals surface area (Å²) in [5.41, 5.74) is 6.08. The third kappa shape index (κ3) is 3.90. The smallest absolute Gasteiger partial charge is 0.266 e. The Morgan fingerprint density at radius 1 is 1.17 bits per heavy atom. The van der Waals surface area contributed by atoms with Crippen LogP contribution >= 0.6 is 0 Å². The molecule has 1 unspecified atom stereocenters. The van der Waals surface area contributed by atoms with Crippen LogP contribution < -0.4 is 11.1 Å². The van der Waals surface area contributed by atoms with Gasteiger partial charge in [0.2, 0.25) is 0 Å². The predicted molar refractivity (Wildman–Crippen MR) is 105 cm³/mol. The molecule has 4 rings (SSSR count). The summed E-state index contributed by atoms with van der Waals surface area (Å²) in [6, 6.07) is 4.70. The van der Waals surface area contributed by atoms with Gasteiger partial charge in [-0.3, -0.25) is 9.78 Å². The summed E-state index contributed by atoms with van der Waals surface area (Å²) in [5.74, 6) is -1.27. The summed E-state index contributed by atoms with van der Waals surface area (Å²) in [6.45, 7) is 2.28. The topological polar surface area (TPSA) is 97.0 Å². The molecule has 2 aromatic heterocycles. The van der Waals surface area contributed by atoms with E-state index in [9.17, 15) is 18.0 Å². The summed E-state index contributed by atoms with van der Waals surface area (Å²) >= 11 is 0. The first-order chi connectivity index (χ1) is 14.4. The van der Waals surface area contributed by atoms with Gasteiger partial charge < -0.3 is 16.0 Å². The van der Waals surface area contributed by atoms with Crippen LogP contribution in [0.2, 0.25) is 0 Å². The van der Waals surface area contributed by atoms with Crippen molar-refractivity contribution in [1.29, 1.82) is 0 Å². The molecule has 3 N–H and O–H groups in total. The van der Waals surface area contributed by atoms with Crippen molar-refractivity contribution >= 4 is 22.8 Å². The van der Waals surface area contributed by atoms with Gasteiger partial charge in [-0.05, 0) is 43.3 Å². The molecule has 0 radical (unpaired) electrons. The SMILES string of the molecule is NC(=O)c1ccnc2c(NC(CN3CCC3)c3ccc(F)c(C(F)F)c3)ncnc12. The third-order valence-corrected chi connectivity index (χ3v) is 5.15. The highest BCUT2D eigenvalue weighted by molar-refractivity contribution is 6.05. The molecule has 0 saturated carbocycles. The number of carbonyl (C=O) groups is 1. The summed E-state index contributed by atoms with van der Waals surface area (Å²) in [7, 11) is 0. The number of aromatic nitrogens is 3. The minimum absolute atomic E-state index is 0.200. The molecule has 1 aromatic carbocycles. The van der Waals surface area contributed by atoms with Crippen molar-refractivity contribution in [1.82, 2.24) is 19.9 Å². The van der Waals surface area contributed by atoms with Gasteiger partial charge in [0.25, 0.3) is 12.3 Å². The number of nitrogens with zero attached hydrogens (tertiary/aromatic N) is 4. The monoisotopic (exact) mass is 416 g/mol. The number of rotatable bonds is 7. The Bertz CT molecular complexity index is 1090. The molecule has 30 heavy (non-hydrogen) atoms. The van der Waals surface area contributed by atoms with Crippen molar-refractivity contribution in [2.24, 2.45) is 5.73 Å². The second-order valence-corrected chi connectivity index (χ2v) is 7.07. The molecular weight excluding hydrogens is 397 g/mol. The summed E-state index contributed by atoms with van der Waals surface area (Å²) in [6.07, 6.45) is 0.829. The maximum absolute atomic E-state index is 13.8. The molecule has 1 saturated heterocycles. The van der Waals surface area contributed by atoms with Gasteiger partial charge >= 0.3 is 0 Å². The lowest BCUT2D eigenvalue weighted by atomic mass is 10.0. The Balaban J connectivity index is 1.74. The van der Waals surface area contributed by atoms with E-state index in [-0.39, 0.29) is 11.1 Å². The molecule has 3 aromatic rings. The second-order valence-electron chi connectivity index (χ2n) is 7.07. The van der Waals surface area contributed by atoms with E-state index in [0.29, 0.717) is 23.4 Å². The number of likely N-dealkylation sites (tertiary alicyclic amines) is 1. The molecule has 1 amide bonds. The first kappa shape index (κ1) is 20.0. The van der Waals surface area contributed by atoms with Crippen LogP contribution in [0.5, 0.6) is 0 Å². The maximum atomic E-state index is 13.8. The number of nitrogens with one attached hydrogen (secondary N) is 1. The van der Waals surface area contributed by atoms with Crippen molar-refractivity contribution in [3.8, 4) is 0 Å². The number of hydrogen-bond donors (Lipinski definition) is 2. The lowest BCUT2D eigenvalue weighted by Crippen LogP contribution is -2.41. The van der Waals surface area contributed by atoms with Crippen LogP contribution in [0.15, 0.2) is 36.8 Å². The Labute approximate surface area is 170 Å². The fourth-order valence-electron chi connectivity index (χ4n) is 3.44. The molecule has 156 valence electrons. The van der Waals surface area contributed by atoms with Crippen molar-refractivity contribution < 1.29 is 18.0 Å². The zero-order valence-corrected chi connectivity index (χ0v) is 15.9. The van der Waals surface area contributed by atoms with E-state index in [0.717, 1.165) is 25.6 Å². The Morgan fingerprint density at radius 3 is 2.63 bits per heavy atom. The van der Waals surface area contributed by atoms with Crippen LogP contribution in [0.4, 0.5) is 19.0 Å². The molecule has 3 heterocycles. The predicted octanol–water partition coefficient (Wildman–Crippen LogP) is 3.06. The Kier molecular flexibility index (Phi) is 5.49.